The first kappa shape index (κ1) is 21.9. The number of amides is 1. The van der Waals surface area contributed by atoms with Crippen LogP contribution < -0.4 is 11.1 Å². The fraction of sp³-hybridized carbons (Fsp3) is 0.538. The smallest absolute Gasteiger partial charge is 0.270 e. The average Bonchev–Trinajstić information content (AvgIpc) is 2.28. The highest BCUT2D eigenvalue weighted by Gasteiger charge is 2.26. The molecule has 0 aliphatic heterocycles. The number of hydrogen-bond donors (Lipinski definition) is 2. The van der Waals surface area contributed by atoms with Crippen molar-refractivity contribution in [1.82, 2.24) is 10.3 Å². The predicted octanol–water partition coefficient (Wildman–Crippen LogP) is 3.18. The normalized spacial score (nSPS) is 12.9. The Balaban J connectivity index is 0. The Labute approximate surface area is 141 Å². The van der Waals surface area contributed by atoms with Crippen molar-refractivity contribution in [2.75, 3.05) is 6.54 Å². The van der Waals surface area contributed by atoms with E-state index in [1.807, 2.05) is 6.92 Å². The van der Waals surface area contributed by atoms with Gasteiger partial charge in [-0.05, 0) is 47.3 Å². The fourth-order valence-electron chi connectivity index (χ4n) is 1.93. The molecular formula is C13H22BrCl2N3O. The van der Waals surface area contributed by atoms with Gasteiger partial charge in [-0.1, -0.05) is 13.8 Å². The second kappa shape index (κ2) is 9.55. The molecule has 1 heterocycles. The van der Waals surface area contributed by atoms with Crippen molar-refractivity contribution in [2.45, 2.75) is 32.7 Å². The van der Waals surface area contributed by atoms with Gasteiger partial charge in [0.1, 0.15) is 5.69 Å². The van der Waals surface area contributed by atoms with E-state index in [-0.39, 0.29) is 36.3 Å². The quantitative estimate of drug-likeness (QED) is 0.816. The Hall–Kier alpha value is -0.360. The van der Waals surface area contributed by atoms with Gasteiger partial charge in [-0.2, -0.15) is 0 Å². The first-order chi connectivity index (χ1) is 8.36. The molecule has 0 bridgehead atoms. The fourth-order valence-corrected chi connectivity index (χ4v) is 2.17. The highest BCUT2D eigenvalue weighted by Crippen LogP contribution is 2.16. The lowest BCUT2D eigenvalue weighted by molar-refractivity contribution is 0.0893. The molecule has 1 atom stereocenters. The van der Waals surface area contributed by atoms with E-state index < -0.39 is 0 Å². The molecule has 0 aliphatic rings. The SMILES string of the molecule is CC(C)CC(C)(CN)NC(=O)c1ccc(Br)cn1.Cl.Cl. The Kier molecular flexibility index (Phi) is 10.5. The molecule has 0 spiro atoms. The molecule has 4 nitrogen and oxygen atoms in total. The Morgan fingerprint density at radius 1 is 1.45 bits per heavy atom. The van der Waals surface area contributed by atoms with E-state index in [1.165, 1.54) is 0 Å². The molecule has 3 N–H and O–H groups in total. The van der Waals surface area contributed by atoms with E-state index in [1.54, 1.807) is 18.3 Å². The maximum absolute atomic E-state index is 12.1. The first-order valence-corrected chi connectivity index (χ1v) is 6.80. The standard InChI is InChI=1S/C13H20BrN3O.2ClH/c1-9(2)6-13(3,8-15)17-12(18)11-5-4-10(14)7-16-11;;/h4-5,7,9H,6,8,15H2,1-3H3,(H,17,18);2*1H. The van der Waals surface area contributed by atoms with E-state index in [0.717, 1.165) is 10.9 Å². The van der Waals surface area contributed by atoms with Crippen LogP contribution in [0.15, 0.2) is 22.8 Å². The van der Waals surface area contributed by atoms with Crippen molar-refractivity contribution < 1.29 is 4.79 Å². The second-order valence-corrected chi connectivity index (χ2v) is 6.09. The maximum atomic E-state index is 12.1. The van der Waals surface area contributed by atoms with Gasteiger partial charge in [-0.3, -0.25) is 4.79 Å². The number of aromatic nitrogens is 1. The van der Waals surface area contributed by atoms with Gasteiger partial charge in [0.25, 0.3) is 5.91 Å². The lowest BCUT2D eigenvalue weighted by atomic mass is 9.90. The molecular weight excluding hydrogens is 365 g/mol. The maximum Gasteiger partial charge on any atom is 0.270 e. The number of halogens is 3. The van der Waals surface area contributed by atoms with Crippen LogP contribution >= 0.6 is 40.7 Å². The topological polar surface area (TPSA) is 68.0 Å². The van der Waals surface area contributed by atoms with Crippen LogP contribution in [0.2, 0.25) is 0 Å². The molecule has 1 unspecified atom stereocenters. The summed E-state index contributed by atoms with van der Waals surface area (Å²) in [6.07, 6.45) is 2.45. The molecule has 0 aromatic carbocycles. The summed E-state index contributed by atoms with van der Waals surface area (Å²) >= 11 is 3.29. The van der Waals surface area contributed by atoms with Crippen LogP contribution in [0.25, 0.3) is 0 Å². The number of pyridine rings is 1. The molecule has 0 radical (unpaired) electrons. The number of carbonyl (C=O) groups excluding carboxylic acids is 1. The zero-order chi connectivity index (χ0) is 13.8. The van der Waals surface area contributed by atoms with Crippen molar-refractivity contribution in [3.05, 3.63) is 28.5 Å². The molecule has 20 heavy (non-hydrogen) atoms. The zero-order valence-corrected chi connectivity index (χ0v) is 15.1. The van der Waals surface area contributed by atoms with Gasteiger partial charge in [0, 0.05) is 17.2 Å². The van der Waals surface area contributed by atoms with Crippen molar-refractivity contribution in [3.63, 3.8) is 0 Å². The zero-order valence-electron chi connectivity index (χ0n) is 11.9. The van der Waals surface area contributed by atoms with Gasteiger partial charge in [0.05, 0.1) is 5.54 Å². The third-order valence-corrected chi connectivity index (χ3v) is 3.15. The van der Waals surface area contributed by atoms with Crippen molar-refractivity contribution in [3.8, 4) is 0 Å². The van der Waals surface area contributed by atoms with Gasteiger partial charge < -0.3 is 11.1 Å². The van der Waals surface area contributed by atoms with Crippen LogP contribution in [0.3, 0.4) is 0 Å². The average molecular weight is 387 g/mol. The van der Waals surface area contributed by atoms with Crippen molar-refractivity contribution in [2.24, 2.45) is 11.7 Å². The molecule has 1 amide bonds. The number of nitrogens with two attached hydrogens (primary N) is 1. The molecule has 0 saturated carbocycles. The van der Waals surface area contributed by atoms with Crippen LogP contribution in [0.4, 0.5) is 0 Å². The van der Waals surface area contributed by atoms with Crippen LogP contribution in [-0.2, 0) is 0 Å². The molecule has 1 aromatic heterocycles. The summed E-state index contributed by atoms with van der Waals surface area (Å²) in [5.41, 5.74) is 5.78. The third-order valence-electron chi connectivity index (χ3n) is 2.68. The first-order valence-electron chi connectivity index (χ1n) is 6.00. The third kappa shape index (κ3) is 6.88. The van der Waals surface area contributed by atoms with E-state index >= 15 is 0 Å². The molecule has 7 heteroatoms. The number of nitrogens with zero attached hydrogens (tertiary/aromatic N) is 1. The Morgan fingerprint density at radius 3 is 2.45 bits per heavy atom. The number of carbonyl (C=O) groups is 1. The minimum absolute atomic E-state index is 0. The van der Waals surface area contributed by atoms with Gasteiger partial charge in [0.15, 0.2) is 0 Å². The van der Waals surface area contributed by atoms with Gasteiger partial charge >= 0.3 is 0 Å². The van der Waals surface area contributed by atoms with Crippen LogP contribution in [0.5, 0.6) is 0 Å². The predicted molar refractivity (Wildman–Crippen MR) is 90.8 cm³/mol. The molecule has 1 aromatic rings. The monoisotopic (exact) mass is 385 g/mol. The van der Waals surface area contributed by atoms with E-state index in [9.17, 15) is 4.79 Å². The largest absolute Gasteiger partial charge is 0.344 e. The summed E-state index contributed by atoms with van der Waals surface area (Å²) in [7, 11) is 0. The number of hydrogen-bond acceptors (Lipinski definition) is 3. The summed E-state index contributed by atoms with van der Waals surface area (Å²) in [6, 6.07) is 3.48. The Morgan fingerprint density at radius 2 is 2.05 bits per heavy atom. The molecule has 0 fully saturated rings. The highest BCUT2D eigenvalue weighted by molar-refractivity contribution is 9.10. The summed E-state index contributed by atoms with van der Waals surface area (Å²) < 4.78 is 0.850. The van der Waals surface area contributed by atoms with E-state index in [2.05, 4.69) is 40.1 Å². The second-order valence-electron chi connectivity index (χ2n) is 5.18. The molecule has 0 saturated heterocycles. The minimum atomic E-state index is -0.389. The lowest BCUT2D eigenvalue weighted by Crippen LogP contribution is -2.52. The van der Waals surface area contributed by atoms with Gasteiger partial charge in [-0.15, -0.1) is 24.8 Å². The highest BCUT2D eigenvalue weighted by atomic mass is 79.9. The minimum Gasteiger partial charge on any atom is -0.344 e. The molecule has 0 aliphatic carbocycles. The molecule has 1 rings (SSSR count). The van der Waals surface area contributed by atoms with Gasteiger partial charge in [0.2, 0.25) is 0 Å². The number of nitrogens with one attached hydrogen (secondary N) is 1. The van der Waals surface area contributed by atoms with Crippen LogP contribution in [0.1, 0.15) is 37.7 Å². The Bertz CT molecular complexity index is 415. The lowest BCUT2D eigenvalue weighted by Gasteiger charge is -2.31. The van der Waals surface area contributed by atoms with Crippen LogP contribution in [-0.4, -0.2) is 23.0 Å². The number of rotatable bonds is 5. The summed E-state index contributed by atoms with van der Waals surface area (Å²) in [6.45, 7) is 6.59. The summed E-state index contributed by atoms with van der Waals surface area (Å²) in [5.74, 6) is 0.285. The summed E-state index contributed by atoms with van der Waals surface area (Å²) in [5, 5.41) is 2.97. The van der Waals surface area contributed by atoms with Crippen molar-refractivity contribution >= 4 is 46.7 Å². The van der Waals surface area contributed by atoms with E-state index in [0.29, 0.717) is 18.2 Å². The van der Waals surface area contributed by atoms with Crippen LogP contribution in [0, 0.1) is 5.92 Å². The molecule has 116 valence electrons. The van der Waals surface area contributed by atoms with E-state index in [4.69, 9.17) is 5.73 Å². The van der Waals surface area contributed by atoms with Gasteiger partial charge in [-0.25, -0.2) is 4.98 Å². The van der Waals surface area contributed by atoms with Crippen molar-refractivity contribution in [1.29, 1.82) is 0 Å². The summed E-state index contributed by atoms with van der Waals surface area (Å²) in [4.78, 5) is 16.1.